The average molecular weight is 401 g/mol. The van der Waals surface area contributed by atoms with Gasteiger partial charge in [-0.3, -0.25) is 4.79 Å². The second-order valence-electron chi connectivity index (χ2n) is 5.74. The number of ether oxygens (including phenoxy) is 1. The van der Waals surface area contributed by atoms with E-state index < -0.39 is 0 Å². The van der Waals surface area contributed by atoms with Crippen LogP contribution >= 0.6 is 15.9 Å². The first-order valence-corrected chi connectivity index (χ1v) is 8.61. The number of aromatic nitrogens is 2. The first kappa shape index (κ1) is 17.4. The summed E-state index contributed by atoms with van der Waals surface area (Å²) in [6.07, 6.45) is 0.215. The van der Waals surface area contributed by atoms with Crippen LogP contribution in [0.1, 0.15) is 22.6 Å². The Morgan fingerprint density at radius 2 is 1.92 bits per heavy atom. The molecule has 0 bridgehead atoms. The number of carbonyl (C=O) groups excluding carboxylic acids is 1. The lowest BCUT2D eigenvalue weighted by Crippen LogP contribution is -2.08. The van der Waals surface area contributed by atoms with Gasteiger partial charge in [0.1, 0.15) is 0 Å². The smallest absolute Gasteiger partial charge is 0.310 e. The summed E-state index contributed by atoms with van der Waals surface area (Å²) < 4.78 is 11.6. The summed E-state index contributed by atoms with van der Waals surface area (Å²) in [4.78, 5) is 12.0. The van der Waals surface area contributed by atoms with Crippen molar-refractivity contribution in [2.45, 2.75) is 26.9 Å². The van der Waals surface area contributed by atoms with Crippen LogP contribution in [0.25, 0.3) is 11.5 Å². The van der Waals surface area contributed by atoms with E-state index in [0.717, 1.165) is 21.2 Å². The van der Waals surface area contributed by atoms with Gasteiger partial charge in [-0.25, -0.2) is 0 Å². The van der Waals surface area contributed by atoms with Crippen molar-refractivity contribution >= 4 is 21.9 Å². The van der Waals surface area contributed by atoms with Crippen molar-refractivity contribution in [1.29, 1.82) is 0 Å². The average Bonchev–Trinajstić information content (AvgIpc) is 3.05. The molecule has 0 saturated heterocycles. The number of carbonyl (C=O) groups is 1. The number of hydrogen-bond acceptors (Lipinski definition) is 5. The Kier molecular flexibility index (Phi) is 5.28. The summed E-state index contributed by atoms with van der Waals surface area (Å²) in [5.74, 6) is 0.316. The highest BCUT2D eigenvalue weighted by Crippen LogP contribution is 2.26. The minimum absolute atomic E-state index is 0.0405. The summed E-state index contributed by atoms with van der Waals surface area (Å²) in [5, 5.41) is 7.92. The molecule has 0 spiro atoms. The van der Waals surface area contributed by atoms with Gasteiger partial charge in [-0.05, 0) is 58.6 Å². The van der Waals surface area contributed by atoms with Crippen molar-refractivity contribution in [3.63, 3.8) is 0 Å². The fourth-order valence-electron chi connectivity index (χ4n) is 2.33. The van der Waals surface area contributed by atoms with E-state index in [4.69, 9.17) is 9.15 Å². The lowest BCUT2D eigenvalue weighted by Gasteiger charge is -2.05. The van der Waals surface area contributed by atoms with E-state index in [1.807, 2.05) is 56.3 Å². The molecule has 1 heterocycles. The maximum atomic E-state index is 12.0. The van der Waals surface area contributed by atoms with Crippen LogP contribution in [-0.4, -0.2) is 16.2 Å². The van der Waals surface area contributed by atoms with Gasteiger partial charge in [-0.1, -0.05) is 30.3 Å². The molecule has 0 unspecified atom stereocenters. The largest absolute Gasteiger partial charge is 0.455 e. The van der Waals surface area contributed by atoms with Crippen LogP contribution in [0.15, 0.2) is 51.4 Å². The molecule has 0 aliphatic heterocycles. The Morgan fingerprint density at radius 3 is 2.68 bits per heavy atom. The van der Waals surface area contributed by atoms with Gasteiger partial charge in [0, 0.05) is 4.47 Å². The number of hydrogen-bond donors (Lipinski definition) is 0. The van der Waals surface area contributed by atoms with Crippen LogP contribution in [0.5, 0.6) is 0 Å². The Morgan fingerprint density at radius 1 is 1.12 bits per heavy atom. The number of benzene rings is 2. The van der Waals surface area contributed by atoms with Gasteiger partial charge in [0.15, 0.2) is 6.61 Å². The number of nitrogens with zero attached hydrogens (tertiary/aromatic N) is 2. The Bertz CT molecular complexity index is 905. The van der Waals surface area contributed by atoms with Crippen molar-refractivity contribution in [2.75, 3.05) is 0 Å². The van der Waals surface area contributed by atoms with E-state index in [0.29, 0.717) is 5.89 Å². The second-order valence-corrected chi connectivity index (χ2v) is 6.59. The van der Waals surface area contributed by atoms with E-state index in [2.05, 4.69) is 26.1 Å². The van der Waals surface area contributed by atoms with Crippen LogP contribution < -0.4 is 0 Å². The molecule has 1 aromatic heterocycles. The summed E-state index contributed by atoms with van der Waals surface area (Å²) in [6, 6.07) is 13.5. The molecule has 128 valence electrons. The van der Waals surface area contributed by atoms with E-state index in [-0.39, 0.29) is 24.9 Å². The van der Waals surface area contributed by atoms with Gasteiger partial charge in [0.05, 0.1) is 12.0 Å². The van der Waals surface area contributed by atoms with E-state index in [1.54, 1.807) is 0 Å². The van der Waals surface area contributed by atoms with E-state index >= 15 is 0 Å². The van der Waals surface area contributed by atoms with E-state index in [9.17, 15) is 4.79 Å². The zero-order chi connectivity index (χ0) is 17.8. The minimum Gasteiger partial charge on any atom is -0.455 e. The zero-order valence-corrected chi connectivity index (χ0v) is 15.5. The predicted molar refractivity (Wildman–Crippen MR) is 96.9 cm³/mol. The van der Waals surface area contributed by atoms with Crippen LogP contribution in [0.4, 0.5) is 0 Å². The maximum Gasteiger partial charge on any atom is 0.310 e. The lowest BCUT2D eigenvalue weighted by atomic mass is 10.0. The fourth-order valence-corrected chi connectivity index (χ4v) is 2.78. The highest BCUT2D eigenvalue weighted by molar-refractivity contribution is 9.10. The molecule has 0 aliphatic rings. The minimum atomic E-state index is -0.330. The van der Waals surface area contributed by atoms with E-state index in [1.165, 1.54) is 5.56 Å². The van der Waals surface area contributed by atoms with Gasteiger partial charge in [-0.15, -0.1) is 10.2 Å². The predicted octanol–water partition coefficient (Wildman–Crippen LogP) is 4.40. The highest BCUT2D eigenvalue weighted by Gasteiger charge is 2.13. The molecular formula is C19H17BrN2O3. The summed E-state index contributed by atoms with van der Waals surface area (Å²) in [7, 11) is 0. The second kappa shape index (κ2) is 7.61. The van der Waals surface area contributed by atoms with Crippen molar-refractivity contribution in [2.24, 2.45) is 0 Å². The molecule has 0 amide bonds. The van der Waals surface area contributed by atoms with Gasteiger partial charge in [-0.2, -0.15) is 0 Å². The molecule has 0 saturated carbocycles. The topological polar surface area (TPSA) is 65.2 Å². The third kappa shape index (κ3) is 4.33. The molecule has 3 rings (SSSR count). The quantitative estimate of drug-likeness (QED) is 0.593. The molecule has 0 N–H and O–H groups in total. The Balaban J connectivity index is 1.59. The van der Waals surface area contributed by atoms with Crippen LogP contribution in [-0.2, 0) is 22.6 Å². The monoisotopic (exact) mass is 400 g/mol. The zero-order valence-electron chi connectivity index (χ0n) is 14.0. The lowest BCUT2D eigenvalue weighted by molar-refractivity contribution is -0.144. The third-order valence-corrected chi connectivity index (χ3v) is 4.54. The fraction of sp³-hybridized carbons (Fsp3) is 0.211. The molecule has 0 atom stereocenters. The molecule has 0 aliphatic carbocycles. The summed E-state index contributed by atoms with van der Waals surface area (Å²) in [5.41, 5.74) is 4.07. The first-order chi connectivity index (χ1) is 12.0. The van der Waals surface area contributed by atoms with Crippen molar-refractivity contribution in [3.8, 4) is 11.5 Å². The third-order valence-electron chi connectivity index (χ3n) is 3.85. The Hall–Kier alpha value is -2.47. The number of aryl methyl sites for hydroxylation is 2. The molecule has 0 radical (unpaired) electrons. The summed E-state index contributed by atoms with van der Waals surface area (Å²) >= 11 is 3.44. The molecule has 25 heavy (non-hydrogen) atoms. The maximum absolute atomic E-state index is 12.0. The highest BCUT2D eigenvalue weighted by atomic mass is 79.9. The SMILES string of the molecule is Cc1ccc(CC(=O)OCc2nnc(-c3ccccc3Br)o2)cc1C. The van der Waals surface area contributed by atoms with Crippen molar-refractivity contribution in [1.82, 2.24) is 10.2 Å². The van der Waals surface area contributed by atoms with Crippen LogP contribution in [0.2, 0.25) is 0 Å². The van der Waals surface area contributed by atoms with Gasteiger partial charge < -0.3 is 9.15 Å². The standard InChI is InChI=1S/C19H17BrN2O3/c1-12-7-8-14(9-13(12)2)10-18(23)24-11-17-21-22-19(25-17)15-5-3-4-6-16(15)20/h3-9H,10-11H2,1-2H3. The molecule has 2 aromatic carbocycles. The molecule has 5 nitrogen and oxygen atoms in total. The normalized spacial score (nSPS) is 10.7. The molecule has 6 heteroatoms. The number of rotatable bonds is 5. The van der Waals surface area contributed by atoms with Gasteiger partial charge in [0.2, 0.25) is 5.89 Å². The van der Waals surface area contributed by atoms with Crippen molar-refractivity contribution in [3.05, 3.63) is 69.5 Å². The Labute approximate surface area is 154 Å². The first-order valence-electron chi connectivity index (χ1n) is 7.82. The van der Waals surface area contributed by atoms with Gasteiger partial charge in [0.25, 0.3) is 5.89 Å². The summed E-state index contributed by atoms with van der Waals surface area (Å²) in [6.45, 7) is 4.02. The molecule has 3 aromatic rings. The van der Waals surface area contributed by atoms with Crippen LogP contribution in [0.3, 0.4) is 0 Å². The number of halogens is 1. The molecular weight excluding hydrogens is 384 g/mol. The van der Waals surface area contributed by atoms with Gasteiger partial charge >= 0.3 is 5.97 Å². The van der Waals surface area contributed by atoms with Crippen molar-refractivity contribution < 1.29 is 13.9 Å². The van der Waals surface area contributed by atoms with Crippen LogP contribution in [0, 0.1) is 13.8 Å². The molecule has 0 fully saturated rings. The number of esters is 1.